The van der Waals surface area contributed by atoms with Crippen molar-refractivity contribution in [3.05, 3.63) is 34.3 Å². The summed E-state index contributed by atoms with van der Waals surface area (Å²) in [6.07, 6.45) is 3.63. The number of halogens is 1. The van der Waals surface area contributed by atoms with Crippen LogP contribution in [0.1, 0.15) is 24.8 Å². The van der Waals surface area contributed by atoms with Crippen molar-refractivity contribution >= 4 is 21.9 Å². The van der Waals surface area contributed by atoms with Crippen LogP contribution in [0.3, 0.4) is 0 Å². The van der Waals surface area contributed by atoms with Gasteiger partial charge in [-0.3, -0.25) is 4.99 Å². The van der Waals surface area contributed by atoms with Crippen molar-refractivity contribution in [1.82, 2.24) is 5.32 Å². The van der Waals surface area contributed by atoms with Gasteiger partial charge >= 0.3 is 0 Å². The van der Waals surface area contributed by atoms with Crippen LogP contribution in [-0.2, 0) is 10.2 Å². The molecule has 5 heteroatoms. The van der Waals surface area contributed by atoms with Crippen molar-refractivity contribution in [1.29, 1.82) is 0 Å². The molecule has 1 aliphatic rings. The van der Waals surface area contributed by atoms with Gasteiger partial charge in [-0.05, 0) is 30.5 Å². The van der Waals surface area contributed by atoms with Crippen molar-refractivity contribution in [2.75, 3.05) is 26.8 Å². The Morgan fingerprint density at radius 1 is 1.40 bits per heavy atom. The van der Waals surface area contributed by atoms with Gasteiger partial charge in [0, 0.05) is 23.5 Å². The smallest absolute Gasteiger partial charge is 0.188 e. The number of rotatable bonds is 6. The molecule has 0 spiro atoms. The number of guanidine groups is 1. The van der Waals surface area contributed by atoms with Crippen LogP contribution in [0.15, 0.2) is 33.7 Å². The van der Waals surface area contributed by atoms with Crippen molar-refractivity contribution < 1.29 is 4.74 Å². The molecule has 3 N–H and O–H groups in total. The Labute approximate surface area is 128 Å². The Morgan fingerprint density at radius 2 is 2.10 bits per heavy atom. The van der Waals surface area contributed by atoms with Crippen molar-refractivity contribution in [3.63, 3.8) is 0 Å². The maximum absolute atomic E-state index is 5.88. The first-order chi connectivity index (χ1) is 9.66. The van der Waals surface area contributed by atoms with E-state index in [-0.39, 0.29) is 5.41 Å². The zero-order chi connectivity index (χ0) is 14.4. The van der Waals surface area contributed by atoms with Gasteiger partial charge in [0.15, 0.2) is 5.96 Å². The highest BCUT2D eigenvalue weighted by atomic mass is 79.9. The molecule has 1 aromatic rings. The second kappa shape index (κ2) is 7.09. The Balaban J connectivity index is 1.98. The molecule has 0 amide bonds. The van der Waals surface area contributed by atoms with Gasteiger partial charge in [-0.15, -0.1) is 0 Å². The lowest BCUT2D eigenvalue weighted by molar-refractivity contribution is 0.203. The molecule has 0 bridgehead atoms. The highest BCUT2D eigenvalue weighted by Crippen LogP contribution is 2.44. The van der Waals surface area contributed by atoms with Gasteiger partial charge < -0.3 is 15.8 Å². The predicted octanol–water partition coefficient (Wildman–Crippen LogP) is 2.42. The number of methoxy groups -OCH3 is 1. The maximum atomic E-state index is 5.88. The molecule has 0 unspecified atom stereocenters. The molecule has 1 aromatic carbocycles. The number of ether oxygens (including phenoxy) is 1. The van der Waals surface area contributed by atoms with Gasteiger partial charge in [0.05, 0.1) is 13.2 Å². The first kappa shape index (κ1) is 15.3. The van der Waals surface area contributed by atoms with Crippen molar-refractivity contribution in [2.45, 2.75) is 24.7 Å². The van der Waals surface area contributed by atoms with Gasteiger partial charge in [-0.1, -0.05) is 34.5 Å². The summed E-state index contributed by atoms with van der Waals surface area (Å²) in [7, 11) is 1.67. The first-order valence-corrected chi connectivity index (χ1v) is 7.74. The highest BCUT2D eigenvalue weighted by molar-refractivity contribution is 9.10. The molecule has 1 saturated carbocycles. The SMILES string of the molecule is COCCNC(N)=NCC1(c2ccc(Br)cc2)CCC1. The zero-order valence-electron chi connectivity index (χ0n) is 11.9. The molecule has 110 valence electrons. The van der Waals surface area contributed by atoms with E-state index in [0.717, 1.165) is 11.0 Å². The zero-order valence-corrected chi connectivity index (χ0v) is 13.4. The number of aliphatic imine (C=N–C) groups is 1. The van der Waals surface area contributed by atoms with Crippen molar-refractivity contribution in [3.8, 4) is 0 Å². The molecule has 0 radical (unpaired) electrons. The Hall–Kier alpha value is -1.07. The number of nitrogens with two attached hydrogens (primary N) is 1. The number of hydrogen-bond donors (Lipinski definition) is 2. The largest absolute Gasteiger partial charge is 0.383 e. The third-order valence-corrected chi connectivity index (χ3v) is 4.46. The van der Waals surface area contributed by atoms with Crippen LogP contribution in [0.25, 0.3) is 0 Å². The van der Waals surface area contributed by atoms with Gasteiger partial charge in [-0.25, -0.2) is 0 Å². The Bertz CT molecular complexity index is 455. The fourth-order valence-electron chi connectivity index (χ4n) is 2.52. The molecule has 0 aromatic heterocycles. The third kappa shape index (κ3) is 3.73. The summed E-state index contributed by atoms with van der Waals surface area (Å²) in [6.45, 7) is 2.08. The van der Waals surface area contributed by atoms with Gasteiger partial charge in [0.2, 0.25) is 0 Å². The fraction of sp³-hybridized carbons (Fsp3) is 0.533. The van der Waals surface area contributed by atoms with E-state index < -0.39 is 0 Å². The monoisotopic (exact) mass is 339 g/mol. The van der Waals surface area contributed by atoms with Gasteiger partial charge in [0.25, 0.3) is 0 Å². The van der Waals surface area contributed by atoms with Crippen LogP contribution in [0.5, 0.6) is 0 Å². The lowest BCUT2D eigenvalue weighted by Crippen LogP contribution is -2.40. The molecule has 20 heavy (non-hydrogen) atoms. The quantitative estimate of drug-likeness (QED) is 0.475. The second-order valence-electron chi connectivity index (χ2n) is 5.26. The molecule has 0 heterocycles. The number of hydrogen-bond acceptors (Lipinski definition) is 2. The van der Waals surface area contributed by atoms with Crippen LogP contribution in [0, 0.1) is 0 Å². The van der Waals surface area contributed by atoms with Crippen LogP contribution < -0.4 is 11.1 Å². The summed E-state index contributed by atoms with van der Waals surface area (Å²) in [5.74, 6) is 0.505. The maximum Gasteiger partial charge on any atom is 0.188 e. The van der Waals surface area contributed by atoms with E-state index >= 15 is 0 Å². The Kier molecular flexibility index (Phi) is 5.43. The van der Waals surface area contributed by atoms with E-state index in [2.05, 4.69) is 50.5 Å². The summed E-state index contributed by atoms with van der Waals surface area (Å²) in [4.78, 5) is 4.50. The molecule has 0 saturated heterocycles. The van der Waals surface area contributed by atoms with Crippen LogP contribution >= 0.6 is 15.9 Å². The van der Waals surface area contributed by atoms with E-state index in [0.29, 0.717) is 19.1 Å². The topological polar surface area (TPSA) is 59.6 Å². The number of nitrogens with zero attached hydrogens (tertiary/aromatic N) is 1. The minimum Gasteiger partial charge on any atom is -0.383 e. The highest BCUT2D eigenvalue weighted by Gasteiger charge is 2.38. The normalized spacial score (nSPS) is 17.6. The summed E-state index contributed by atoms with van der Waals surface area (Å²) in [5.41, 5.74) is 7.41. The molecule has 0 aliphatic heterocycles. The lowest BCUT2D eigenvalue weighted by Gasteiger charge is -2.41. The lowest BCUT2D eigenvalue weighted by atomic mass is 9.64. The van der Waals surface area contributed by atoms with Crippen LogP contribution in [0.4, 0.5) is 0 Å². The molecular formula is C15H22BrN3O. The van der Waals surface area contributed by atoms with Gasteiger partial charge in [0.1, 0.15) is 0 Å². The van der Waals surface area contributed by atoms with E-state index in [4.69, 9.17) is 10.5 Å². The van der Waals surface area contributed by atoms with Crippen LogP contribution in [0.2, 0.25) is 0 Å². The molecule has 2 rings (SSSR count). The first-order valence-electron chi connectivity index (χ1n) is 6.95. The van der Waals surface area contributed by atoms with E-state index in [9.17, 15) is 0 Å². The molecule has 0 atom stereocenters. The molecular weight excluding hydrogens is 318 g/mol. The predicted molar refractivity (Wildman–Crippen MR) is 86.0 cm³/mol. The fourth-order valence-corrected chi connectivity index (χ4v) is 2.78. The Morgan fingerprint density at radius 3 is 2.65 bits per heavy atom. The van der Waals surface area contributed by atoms with Crippen molar-refractivity contribution in [2.24, 2.45) is 10.7 Å². The van der Waals surface area contributed by atoms with Crippen LogP contribution in [-0.4, -0.2) is 32.8 Å². The summed E-state index contributed by atoms with van der Waals surface area (Å²) < 4.78 is 6.08. The number of nitrogens with one attached hydrogen (secondary N) is 1. The summed E-state index contributed by atoms with van der Waals surface area (Å²) >= 11 is 3.48. The van der Waals surface area contributed by atoms with E-state index in [1.165, 1.54) is 24.8 Å². The van der Waals surface area contributed by atoms with Gasteiger partial charge in [-0.2, -0.15) is 0 Å². The molecule has 1 fully saturated rings. The van der Waals surface area contributed by atoms with E-state index in [1.807, 2.05) is 0 Å². The van der Waals surface area contributed by atoms with E-state index in [1.54, 1.807) is 7.11 Å². The average molecular weight is 340 g/mol. The number of benzene rings is 1. The summed E-state index contributed by atoms with van der Waals surface area (Å²) in [6, 6.07) is 8.57. The summed E-state index contributed by atoms with van der Waals surface area (Å²) in [5, 5.41) is 3.06. The minimum absolute atomic E-state index is 0.175. The minimum atomic E-state index is 0.175. The standard InChI is InChI=1S/C15H22BrN3O/c1-20-10-9-18-14(17)19-11-15(7-2-8-15)12-3-5-13(16)6-4-12/h3-6H,2,7-11H2,1H3,(H3,17,18,19). The molecule has 4 nitrogen and oxygen atoms in total. The third-order valence-electron chi connectivity index (χ3n) is 3.93. The average Bonchev–Trinajstić information content (AvgIpc) is 2.40. The molecule has 1 aliphatic carbocycles. The second-order valence-corrected chi connectivity index (χ2v) is 6.18.